The van der Waals surface area contributed by atoms with Crippen molar-refractivity contribution in [3.8, 4) is 11.5 Å². The van der Waals surface area contributed by atoms with Crippen molar-refractivity contribution in [1.29, 1.82) is 0 Å². The summed E-state index contributed by atoms with van der Waals surface area (Å²) < 4.78 is 13.3. The Morgan fingerprint density at radius 3 is 2.79 bits per heavy atom. The van der Waals surface area contributed by atoms with Crippen molar-refractivity contribution in [2.75, 3.05) is 13.3 Å². The number of carbonyl (C=O) groups excluding carboxylic acids is 1. The van der Waals surface area contributed by atoms with Crippen molar-refractivity contribution in [2.45, 2.75) is 39.2 Å². The molecule has 4 rings (SSSR count). The van der Waals surface area contributed by atoms with E-state index in [1.807, 2.05) is 18.2 Å². The summed E-state index contributed by atoms with van der Waals surface area (Å²) in [5.41, 5.74) is 3.43. The van der Waals surface area contributed by atoms with Crippen LogP contribution in [0.15, 0.2) is 48.7 Å². The third-order valence-electron chi connectivity index (χ3n) is 5.30. The molecule has 0 unspecified atom stereocenters. The molecule has 1 N–H and O–H groups in total. The van der Waals surface area contributed by atoms with Crippen LogP contribution in [0.2, 0.25) is 0 Å². The fraction of sp³-hybridized carbons (Fsp3) is 0.348. The van der Waals surface area contributed by atoms with E-state index in [9.17, 15) is 4.79 Å². The molecule has 1 amide bonds. The molecule has 0 saturated heterocycles. The first kappa shape index (κ1) is 18.4. The van der Waals surface area contributed by atoms with Crippen LogP contribution in [0.25, 0.3) is 10.9 Å². The lowest BCUT2D eigenvalue weighted by atomic mass is 9.87. The zero-order valence-corrected chi connectivity index (χ0v) is 16.4. The summed E-state index contributed by atoms with van der Waals surface area (Å²) in [6, 6.07) is 14.4. The minimum Gasteiger partial charge on any atom is -0.454 e. The Kier molecular flexibility index (Phi) is 5.24. The first-order chi connectivity index (χ1) is 13.7. The van der Waals surface area contributed by atoms with Crippen LogP contribution in [0.4, 0.5) is 0 Å². The van der Waals surface area contributed by atoms with Gasteiger partial charge in [0.1, 0.15) is 0 Å². The fourth-order valence-electron chi connectivity index (χ4n) is 3.87. The molecule has 2 aromatic carbocycles. The van der Waals surface area contributed by atoms with E-state index < -0.39 is 0 Å². The zero-order valence-electron chi connectivity index (χ0n) is 16.4. The Morgan fingerprint density at radius 1 is 1.14 bits per heavy atom. The summed E-state index contributed by atoms with van der Waals surface area (Å²) in [5, 5.41) is 4.21. The molecule has 28 heavy (non-hydrogen) atoms. The van der Waals surface area contributed by atoms with Crippen LogP contribution in [0.5, 0.6) is 11.5 Å². The minimum atomic E-state index is -0.0518. The molecule has 1 aromatic heterocycles. The Labute approximate surface area is 165 Å². The van der Waals surface area contributed by atoms with Gasteiger partial charge in [-0.3, -0.25) is 4.79 Å². The second-order valence-electron chi connectivity index (χ2n) is 7.11. The van der Waals surface area contributed by atoms with E-state index in [1.165, 1.54) is 16.5 Å². The normalized spacial score (nSPS) is 13.6. The highest BCUT2D eigenvalue weighted by molar-refractivity contribution is 5.86. The zero-order chi connectivity index (χ0) is 19.5. The van der Waals surface area contributed by atoms with E-state index in [1.54, 1.807) is 0 Å². The molecule has 5 nitrogen and oxygen atoms in total. The average molecular weight is 378 g/mol. The number of aryl methyl sites for hydroxylation is 1. The predicted molar refractivity (Wildman–Crippen MR) is 110 cm³/mol. The quantitative estimate of drug-likeness (QED) is 0.661. The molecule has 0 bridgehead atoms. The highest BCUT2D eigenvalue weighted by atomic mass is 16.7. The fourth-order valence-corrected chi connectivity index (χ4v) is 3.87. The van der Waals surface area contributed by atoms with E-state index in [0.29, 0.717) is 13.0 Å². The molecular formula is C23H26N2O3. The van der Waals surface area contributed by atoms with Crippen molar-refractivity contribution in [1.82, 2.24) is 9.88 Å². The third kappa shape index (κ3) is 3.44. The van der Waals surface area contributed by atoms with Crippen LogP contribution >= 0.6 is 0 Å². The van der Waals surface area contributed by atoms with E-state index >= 15 is 0 Å². The van der Waals surface area contributed by atoms with Crippen LogP contribution in [0.1, 0.15) is 43.7 Å². The molecular weight excluding hydrogens is 352 g/mol. The number of ether oxygens (including phenoxy) is 2. The molecule has 0 aliphatic carbocycles. The number of amides is 1. The molecule has 5 heteroatoms. The van der Waals surface area contributed by atoms with Gasteiger partial charge in [0.15, 0.2) is 11.5 Å². The predicted octanol–water partition coefficient (Wildman–Crippen LogP) is 4.44. The molecule has 2 heterocycles. The molecule has 0 saturated carbocycles. The van der Waals surface area contributed by atoms with Gasteiger partial charge in [0, 0.05) is 42.5 Å². The largest absolute Gasteiger partial charge is 0.454 e. The lowest BCUT2D eigenvalue weighted by molar-refractivity contribution is -0.121. The van der Waals surface area contributed by atoms with Gasteiger partial charge in [-0.15, -0.1) is 0 Å². The van der Waals surface area contributed by atoms with Gasteiger partial charge in [0.25, 0.3) is 0 Å². The summed E-state index contributed by atoms with van der Waals surface area (Å²) in [5.74, 6) is 1.52. The number of nitrogens with zero attached hydrogens (tertiary/aromatic N) is 1. The maximum absolute atomic E-state index is 12.6. The molecule has 0 spiro atoms. The van der Waals surface area contributed by atoms with Gasteiger partial charge in [-0.2, -0.15) is 0 Å². The standard InChI is InChI=1S/C23H26N2O3/c1-3-11-24-23(26)13-18(16-9-10-21-22(12-16)28-15-27-21)19-14-25(4-2)20-8-6-5-7-17(19)20/h5-10,12,14,18H,3-4,11,13,15H2,1-2H3,(H,24,26)/t18-/m0/s1. The van der Waals surface area contributed by atoms with E-state index in [4.69, 9.17) is 9.47 Å². The monoisotopic (exact) mass is 378 g/mol. The first-order valence-electron chi connectivity index (χ1n) is 9.95. The molecule has 1 atom stereocenters. The SMILES string of the molecule is CCCNC(=O)C[C@@H](c1ccc2c(c1)OCO2)c1cn(CC)c2ccccc12. The molecule has 0 fully saturated rings. The second kappa shape index (κ2) is 7.97. The van der Waals surface area contributed by atoms with E-state index in [0.717, 1.165) is 30.0 Å². The van der Waals surface area contributed by atoms with Gasteiger partial charge < -0.3 is 19.4 Å². The third-order valence-corrected chi connectivity index (χ3v) is 5.30. The average Bonchev–Trinajstić information content (AvgIpc) is 3.34. The van der Waals surface area contributed by atoms with Crippen LogP contribution in [0, 0.1) is 0 Å². The summed E-state index contributed by atoms with van der Waals surface area (Å²) in [6.07, 6.45) is 3.51. The second-order valence-corrected chi connectivity index (χ2v) is 7.11. The highest BCUT2D eigenvalue weighted by Gasteiger charge is 2.24. The van der Waals surface area contributed by atoms with Crippen LogP contribution < -0.4 is 14.8 Å². The number of hydrogen-bond donors (Lipinski definition) is 1. The number of nitrogens with one attached hydrogen (secondary N) is 1. The van der Waals surface area contributed by atoms with Gasteiger partial charge in [0.05, 0.1) is 0 Å². The number of rotatable bonds is 7. The number of carbonyl (C=O) groups is 1. The smallest absolute Gasteiger partial charge is 0.231 e. The van der Waals surface area contributed by atoms with Crippen LogP contribution in [-0.4, -0.2) is 23.8 Å². The summed E-state index contributed by atoms with van der Waals surface area (Å²) in [7, 11) is 0. The van der Waals surface area contributed by atoms with Crippen molar-refractivity contribution in [3.05, 3.63) is 59.8 Å². The Balaban J connectivity index is 1.78. The molecule has 146 valence electrons. The molecule has 3 aromatic rings. The summed E-state index contributed by atoms with van der Waals surface area (Å²) >= 11 is 0. The van der Waals surface area contributed by atoms with Gasteiger partial charge in [-0.25, -0.2) is 0 Å². The molecule has 0 radical (unpaired) electrons. The highest BCUT2D eigenvalue weighted by Crippen LogP contribution is 2.40. The Bertz CT molecular complexity index is 993. The molecule has 1 aliphatic heterocycles. The lowest BCUT2D eigenvalue weighted by Gasteiger charge is -2.18. The van der Waals surface area contributed by atoms with Crippen molar-refractivity contribution in [2.24, 2.45) is 0 Å². The number of aromatic nitrogens is 1. The Morgan fingerprint density at radius 2 is 1.96 bits per heavy atom. The van der Waals surface area contributed by atoms with E-state index in [-0.39, 0.29) is 18.6 Å². The maximum atomic E-state index is 12.6. The lowest BCUT2D eigenvalue weighted by Crippen LogP contribution is -2.26. The van der Waals surface area contributed by atoms with Crippen molar-refractivity contribution < 1.29 is 14.3 Å². The molecule has 1 aliphatic rings. The number of fused-ring (bicyclic) bond motifs is 2. The Hall–Kier alpha value is -2.95. The van der Waals surface area contributed by atoms with Crippen LogP contribution in [0.3, 0.4) is 0 Å². The van der Waals surface area contributed by atoms with Gasteiger partial charge in [-0.1, -0.05) is 31.2 Å². The summed E-state index contributed by atoms with van der Waals surface area (Å²) in [6.45, 7) is 6.03. The minimum absolute atomic E-state index is 0.0518. The van der Waals surface area contributed by atoms with Gasteiger partial charge in [-0.05, 0) is 42.7 Å². The van der Waals surface area contributed by atoms with E-state index in [2.05, 4.69) is 54.2 Å². The van der Waals surface area contributed by atoms with Gasteiger partial charge >= 0.3 is 0 Å². The number of hydrogen-bond acceptors (Lipinski definition) is 3. The van der Waals surface area contributed by atoms with Gasteiger partial charge in [0.2, 0.25) is 12.7 Å². The topological polar surface area (TPSA) is 52.5 Å². The van der Waals surface area contributed by atoms with Crippen molar-refractivity contribution in [3.63, 3.8) is 0 Å². The maximum Gasteiger partial charge on any atom is 0.231 e. The summed E-state index contributed by atoms with van der Waals surface area (Å²) in [4.78, 5) is 12.6. The first-order valence-corrected chi connectivity index (χ1v) is 9.95. The van der Waals surface area contributed by atoms with Crippen LogP contribution in [-0.2, 0) is 11.3 Å². The number of benzene rings is 2. The van der Waals surface area contributed by atoms with Crippen molar-refractivity contribution >= 4 is 16.8 Å². The number of para-hydroxylation sites is 1.